The van der Waals surface area contributed by atoms with Gasteiger partial charge in [-0.05, 0) is 53.0 Å². The Hall–Kier alpha value is -3.35. The third kappa shape index (κ3) is 3.51. The van der Waals surface area contributed by atoms with E-state index in [1.807, 2.05) is 36.5 Å². The number of anilines is 1. The fourth-order valence-electron chi connectivity index (χ4n) is 2.70. The first-order chi connectivity index (χ1) is 12.8. The van der Waals surface area contributed by atoms with Crippen molar-refractivity contribution in [3.8, 4) is 11.4 Å². The number of nitrogens with one attached hydrogen (secondary N) is 1. The number of nitrogens with zero attached hydrogens (tertiary/aromatic N) is 5. The smallest absolute Gasteiger partial charge is 0.161 e. The van der Waals surface area contributed by atoms with E-state index >= 15 is 0 Å². The zero-order chi connectivity index (χ0) is 17.8. The van der Waals surface area contributed by atoms with Crippen LogP contribution >= 0.6 is 0 Å². The van der Waals surface area contributed by atoms with Gasteiger partial charge in [0.2, 0.25) is 0 Å². The van der Waals surface area contributed by atoms with Crippen molar-refractivity contribution >= 4 is 16.9 Å². The summed E-state index contributed by atoms with van der Waals surface area (Å²) in [6.07, 6.45) is 5.37. The highest BCUT2D eigenvalue weighted by Gasteiger charge is 2.09. The molecular formula is C19H18N6O. The molecule has 0 aliphatic rings. The van der Waals surface area contributed by atoms with Gasteiger partial charge >= 0.3 is 0 Å². The number of fused-ring (bicyclic) bond motifs is 1. The highest BCUT2D eigenvalue weighted by atomic mass is 16.6. The molecule has 1 aromatic carbocycles. The summed E-state index contributed by atoms with van der Waals surface area (Å²) in [6, 6.07) is 11.7. The number of hydrogen-bond acceptors (Lipinski definition) is 7. The van der Waals surface area contributed by atoms with Crippen molar-refractivity contribution in [1.82, 2.24) is 25.3 Å². The second kappa shape index (κ2) is 7.26. The molecule has 26 heavy (non-hydrogen) atoms. The minimum atomic E-state index is 0.665. The summed E-state index contributed by atoms with van der Waals surface area (Å²) in [5.41, 5.74) is 4.47. The Labute approximate surface area is 150 Å². The van der Waals surface area contributed by atoms with Gasteiger partial charge in [-0.1, -0.05) is 13.0 Å². The van der Waals surface area contributed by atoms with Crippen molar-refractivity contribution in [3.05, 3.63) is 60.0 Å². The average molecular weight is 346 g/mol. The van der Waals surface area contributed by atoms with Gasteiger partial charge in [0.05, 0.1) is 0 Å². The standard InChI is InChI=1S/C19H18N6O/c1-2-15-11-18(21-9-7-13-4-3-8-20-12-13)23-19(22-15)14-5-6-16-17(10-14)25-26-24-16/h3-6,8,10-12H,2,7,9H2,1H3,(H,21,22,23). The van der Waals surface area contributed by atoms with Crippen LogP contribution in [0.25, 0.3) is 22.4 Å². The van der Waals surface area contributed by atoms with E-state index in [4.69, 9.17) is 4.63 Å². The van der Waals surface area contributed by atoms with Crippen molar-refractivity contribution in [2.24, 2.45) is 0 Å². The molecule has 4 aromatic rings. The van der Waals surface area contributed by atoms with Gasteiger partial charge in [-0.2, -0.15) is 0 Å². The third-order valence-corrected chi connectivity index (χ3v) is 4.10. The Morgan fingerprint density at radius 1 is 1.04 bits per heavy atom. The maximum atomic E-state index is 4.76. The van der Waals surface area contributed by atoms with Gasteiger partial charge in [0.25, 0.3) is 0 Å². The number of pyridine rings is 1. The largest absolute Gasteiger partial charge is 0.370 e. The van der Waals surface area contributed by atoms with E-state index in [0.717, 1.165) is 42.0 Å². The van der Waals surface area contributed by atoms with Gasteiger partial charge < -0.3 is 5.32 Å². The summed E-state index contributed by atoms with van der Waals surface area (Å²) in [5.74, 6) is 1.48. The summed E-state index contributed by atoms with van der Waals surface area (Å²) < 4.78 is 4.76. The van der Waals surface area contributed by atoms with Gasteiger partial charge in [0, 0.05) is 36.3 Å². The molecule has 7 heteroatoms. The van der Waals surface area contributed by atoms with E-state index < -0.39 is 0 Å². The molecule has 4 rings (SSSR count). The van der Waals surface area contributed by atoms with E-state index in [1.165, 1.54) is 5.56 Å². The Morgan fingerprint density at radius 3 is 2.81 bits per heavy atom. The minimum absolute atomic E-state index is 0.665. The lowest BCUT2D eigenvalue weighted by Crippen LogP contribution is -2.08. The van der Waals surface area contributed by atoms with Crippen LogP contribution in [0, 0.1) is 0 Å². The molecule has 0 fully saturated rings. The number of aryl methyl sites for hydroxylation is 1. The van der Waals surface area contributed by atoms with Crippen LogP contribution < -0.4 is 5.32 Å². The number of hydrogen-bond donors (Lipinski definition) is 1. The first-order valence-electron chi connectivity index (χ1n) is 8.55. The SMILES string of the molecule is CCc1cc(NCCc2cccnc2)nc(-c2ccc3nonc3c2)n1. The van der Waals surface area contributed by atoms with Crippen molar-refractivity contribution < 1.29 is 4.63 Å². The first kappa shape index (κ1) is 16.1. The lowest BCUT2D eigenvalue weighted by atomic mass is 10.1. The molecule has 0 bridgehead atoms. The van der Waals surface area contributed by atoms with Gasteiger partial charge in [0.1, 0.15) is 16.9 Å². The maximum Gasteiger partial charge on any atom is 0.161 e. The minimum Gasteiger partial charge on any atom is -0.370 e. The molecule has 0 atom stereocenters. The quantitative estimate of drug-likeness (QED) is 0.573. The number of rotatable bonds is 6. The molecule has 0 saturated heterocycles. The van der Waals surface area contributed by atoms with Crippen LogP contribution in [0.3, 0.4) is 0 Å². The fraction of sp³-hybridized carbons (Fsp3) is 0.211. The van der Waals surface area contributed by atoms with E-state index in [0.29, 0.717) is 11.3 Å². The van der Waals surface area contributed by atoms with Crippen LogP contribution in [0.15, 0.2) is 53.4 Å². The summed E-state index contributed by atoms with van der Waals surface area (Å²) >= 11 is 0. The van der Waals surface area contributed by atoms with Crippen LogP contribution in [0.2, 0.25) is 0 Å². The number of benzene rings is 1. The predicted octanol–water partition coefficient (Wildman–Crippen LogP) is 3.29. The molecule has 0 radical (unpaired) electrons. The Balaban J connectivity index is 1.56. The van der Waals surface area contributed by atoms with E-state index in [1.54, 1.807) is 6.20 Å². The van der Waals surface area contributed by atoms with E-state index in [9.17, 15) is 0 Å². The molecule has 3 heterocycles. The monoisotopic (exact) mass is 346 g/mol. The zero-order valence-electron chi connectivity index (χ0n) is 14.4. The van der Waals surface area contributed by atoms with Crippen molar-refractivity contribution in [1.29, 1.82) is 0 Å². The molecule has 0 aliphatic heterocycles. The molecule has 0 unspecified atom stereocenters. The van der Waals surface area contributed by atoms with E-state index in [2.05, 4.69) is 43.6 Å². The van der Waals surface area contributed by atoms with Crippen molar-refractivity contribution in [2.45, 2.75) is 19.8 Å². The molecule has 3 aromatic heterocycles. The normalized spacial score (nSPS) is 11.0. The summed E-state index contributed by atoms with van der Waals surface area (Å²) in [5, 5.41) is 11.1. The molecule has 0 spiro atoms. The van der Waals surface area contributed by atoms with Gasteiger partial charge in [-0.15, -0.1) is 0 Å². The zero-order valence-corrected chi connectivity index (χ0v) is 14.4. The maximum absolute atomic E-state index is 4.76. The van der Waals surface area contributed by atoms with Gasteiger partial charge in [-0.3, -0.25) is 4.98 Å². The second-order valence-electron chi connectivity index (χ2n) is 5.93. The lowest BCUT2D eigenvalue weighted by molar-refractivity contribution is 0.315. The third-order valence-electron chi connectivity index (χ3n) is 4.10. The lowest BCUT2D eigenvalue weighted by Gasteiger charge is -2.09. The van der Waals surface area contributed by atoms with Gasteiger partial charge in [0.15, 0.2) is 5.82 Å². The Bertz CT molecular complexity index is 1010. The topological polar surface area (TPSA) is 89.6 Å². The highest BCUT2D eigenvalue weighted by molar-refractivity contribution is 5.79. The van der Waals surface area contributed by atoms with Crippen LogP contribution in [0.5, 0.6) is 0 Å². The summed E-state index contributed by atoms with van der Waals surface area (Å²) in [7, 11) is 0. The molecule has 7 nitrogen and oxygen atoms in total. The fourth-order valence-corrected chi connectivity index (χ4v) is 2.70. The Morgan fingerprint density at radius 2 is 1.96 bits per heavy atom. The molecule has 0 aliphatic carbocycles. The molecular weight excluding hydrogens is 328 g/mol. The number of aromatic nitrogens is 5. The van der Waals surface area contributed by atoms with Crippen LogP contribution in [0.1, 0.15) is 18.2 Å². The average Bonchev–Trinajstić information content (AvgIpc) is 3.16. The highest BCUT2D eigenvalue weighted by Crippen LogP contribution is 2.22. The Kier molecular flexibility index (Phi) is 4.51. The summed E-state index contributed by atoms with van der Waals surface area (Å²) in [4.78, 5) is 13.4. The first-order valence-corrected chi connectivity index (χ1v) is 8.55. The van der Waals surface area contributed by atoms with Gasteiger partial charge in [-0.25, -0.2) is 14.6 Å². The second-order valence-corrected chi connectivity index (χ2v) is 5.93. The van der Waals surface area contributed by atoms with Crippen LogP contribution in [0.4, 0.5) is 5.82 Å². The van der Waals surface area contributed by atoms with Crippen molar-refractivity contribution in [3.63, 3.8) is 0 Å². The van der Waals surface area contributed by atoms with Crippen LogP contribution in [-0.2, 0) is 12.8 Å². The van der Waals surface area contributed by atoms with Crippen molar-refractivity contribution in [2.75, 3.05) is 11.9 Å². The van der Waals surface area contributed by atoms with E-state index in [-0.39, 0.29) is 0 Å². The molecule has 130 valence electrons. The molecule has 0 amide bonds. The predicted molar refractivity (Wildman–Crippen MR) is 98.6 cm³/mol. The molecule has 0 saturated carbocycles. The summed E-state index contributed by atoms with van der Waals surface area (Å²) in [6.45, 7) is 2.85. The molecule has 1 N–H and O–H groups in total. The van der Waals surface area contributed by atoms with Crippen LogP contribution in [-0.4, -0.2) is 31.8 Å².